The van der Waals surface area contributed by atoms with Crippen molar-refractivity contribution in [3.63, 3.8) is 0 Å². The van der Waals surface area contributed by atoms with Crippen LogP contribution in [0.3, 0.4) is 0 Å². The van der Waals surface area contributed by atoms with Gasteiger partial charge < -0.3 is 5.11 Å². The van der Waals surface area contributed by atoms with E-state index < -0.39 is 0 Å². The minimum Gasteiger partial charge on any atom is -0.392 e. The molecule has 0 aromatic rings. The number of rotatable bonds is 5. The average molecular weight is 154 g/mol. The SMILES string of the molecule is CC(C)C=CCCC=CCO. The highest BCUT2D eigenvalue weighted by Gasteiger charge is 1.81. The Morgan fingerprint density at radius 3 is 2.27 bits per heavy atom. The molecule has 0 unspecified atom stereocenters. The number of hydrogen-bond donors (Lipinski definition) is 1. The first-order chi connectivity index (χ1) is 5.27. The van der Waals surface area contributed by atoms with Gasteiger partial charge in [0.15, 0.2) is 0 Å². The van der Waals surface area contributed by atoms with Gasteiger partial charge in [-0.25, -0.2) is 0 Å². The summed E-state index contributed by atoms with van der Waals surface area (Å²) < 4.78 is 0. The first kappa shape index (κ1) is 10.4. The van der Waals surface area contributed by atoms with Crippen LogP contribution in [0.4, 0.5) is 0 Å². The molecule has 0 rings (SSSR count). The van der Waals surface area contributed by atoms with Crippen LogP contribution in [-0.4, -0.2) is 11.7 Å². The molecule has 0 bridgehead atoms. The van der Waals surface area contributed by atoms with Crippen molar-refractivity contribution in [2.75, 3.05) is 6.61 Å². The maximum atomic E-state index is 8.41. The largest absolute Gasteiger partial charge is 0.392 e. The first-order valence-electron chi connectivity index (χ1n) is 4.20. The van der Waals surface area contributed by atoms with Crippen molar-refractivity contribution in [2.45, 2.75) is 26.7 Å². The van der Waals surface area contributed by atoms with Crippen molar-refractivity contribution in [1.29, 1.82) is 0 Å². The molecule has 0 saturated carbocycles. The van der Waals surface area contributed by atoms with E-state index in [-0.39, 0.29) is 6.61 Å². The lowest BCUT2D eigenvalue weighted by Crippen LogP contribution is -1.76. The minimum absolute atomic E-state index is 0.161. The average Bonchev–Trinajstić information content (AvgIpc) is 1.96. The van der Waals surface area contributed by atoms with Gasteiger partial charge in [0.1, 0.15) is 0 Å². The molecule has 0 radical (unpaired) electrons. The molecular formula is C10H18O. The van der Waals surface area contributed by atoms with Crippen LogP contribution in [0.5, 0.6) is 0 Å². The van der Waals surface area contributed by atoms with E-state index in [4.69, 9.17) is 5.11 Å². The third-order valence-corrected chi connectivity index (χ3v) is 1.29. The minimum atomic E-state index is 0.161. The summed E-state index contributed by atoms with van der Waals surface area (Å²) in [6.45, 7) is 4.49. The highest BCUT2D eigenvalue weighted by molar-refractivity contribution is 4.89. The summed E-state index contributed by atoms with van der Waals surface area (Å²) in [5, 5.41) is 8.41. The van der Waals surface area contributed by atoms with Crippen molar-refractivity contribution < 1.29 is 5.11 Å². The molecule has 1 N–H and O–H groups in total. The predicted octanol–water partition coefficient (Wildman–Crippen LogP) is 2.53. The molecule has 0 aromatic carbocycles. The van der Waals surface area contributed by atoms with Gasteiger partial charge in [0, 0.05) is 0 Å². The van der Waals surface area contributed by atoms with Crippen LogP contribution < -0.4 is 0 Å². The highest BCUT2D eigenvalue weighted by atomic mass is 16.2. The predicted molar refractivity (Wildman–Crippen MR) is 49.4 cm³/mol. The van der Waals surface area contributed by atoms with E-state index >= 15 is 0 Å². The van der Waals surface area contributed by atoms with Crippen LogP contribution in [0.1, 0.15) is 26.7 Å². The number of hydrogen-bond acceptors (Lipinski definition) is 1. The number of unbranched alkanes of at least 4 members (excludes halogenated alkanes) is 1. The third-order valence-electron chi connectivity index (χ3n) is 1.29. The van der Waals surface area contributed by atoms with E-state index in [1.807, 2.05) is 6.08 Å². The molecule has 0 spiro atoms. The summed E-state index contributed by atoms with van der Waals surface area (Å²) in [5.74, 6) is 0.650. The molecule has 0 atom stereocenters. The molecule has 0 aliphatic carbocycles. The van der Waals surface area contributed by atoms with E-state index in [0.717, 1.165) is 12.8 Å². The number of aliphatic hydroxyl groups is 1. The van der Waals surface area contributed by atoms with Gasteiger partial charge >= 0.3 is 0 Å². The fourth-order valence-corrected chi connectivity index (χ4v) is 0.753. The zero-order chi connectivity index (χ0) is 8.53. The molecule has 1 nitrogen and oxygen atoms in total. The Kier molecular flexibility index (Phi) is 7.16. The first-order valence-corrected chi connectivity index (χ1v) is 4.20. The van der Waals surface area contributed by atoms with Crippen molar-refractivity contribution >= 4 is 0 Å². The van der Waals surface area contributed by atoms with E-state index in [2.05, 4.69) is 26.0 Å². The molecule has 0 aromatic heterocycles. The smallest absolute Gasteiger partial charge is 0.0612 e. The molecule has 0 amide bonds. The maximum absolute atomic E-state index is 8.41. The highest BCUT2D eigenvalue weighted by Crippen LogP contribution is 1.98. The van der Waals surface area contributed by atoms with Crippen molar-refractivity contribution in [2.24, 2.45) is 5.92 Å². The maximum Gasteiger partial charge on any atom is 0.0612 e. The quantitative estimate of drug-likeness (QED) is 0.476. The van der Waals surface area contributed by atoms with Gasteiger partial charge in [-0.3, -0.25) is 0 Å². The fourth-order valence-electron chi connectivity index (χ4n) is 0.753. The number of allylic oxidation sites excluding steroid dienone is 3. The van der Waals surface area contributed by atoms with Crippen LogP contribution >= 0.6 is 0 Å². The summed E-state index contributed by atoms with van der Waals surface area (Å²) in [7, 11) is 0. The van der Waals surface area contributed by atoms with Gasteiger partial charge in [0.2, 0.25) is 0 Å². The summed E-state index contributed by atoms with van der Waals surface area (Å²) in [5.41, 5.74) is 0. The standard InChI is InChI=1S/C10H18O/c1-10(2)8-6-4-3-5-7-9-11/h5-8,10-11H,3-4,9H2,1-2H3. The third kappa shape index (κ3) is 9.44. The molecular weight excluding hydrogens is 136 g/mol. The monoisotopic (exact) mass is 154 g/mol. The van der Waals surface area contributed by atoms with E-state index in [9.17, 15) is 0 Å². The lowest BCUT2D eigenvalue weighted by atomic mass is 10.2. The van der Waals surface area contributed by atoms with Gasteiger partial charge in [-0.1, -0.05) is 38.2 Å². The summed E-state index contributed by atoms with van der Waals surface area (Å²) in [4.78, 5) is 0. The number of aliphatic hydroxyl groups excluding tert-OH is 1. The Labute approximate surface area is 69.4 Å². The molecule has 0 saturated heterocycles. The molecule has 1 heteroatoms. The van der Waals surface area contributed by atoms with E-state index in [0.29, 0.717) is 5.92 Å². The zero-order valence-electron chi connectivity index (χ0n) is 7.46. The van der Waals surface area contributed by atoms with Gasteiger partial charge in [-0.15, -0.1) is 0 Å². The van der Waals surface area contributed by atoms with E-state index in [1.165, 1.54) is 0 Å². The zero-order valence-corrected chi connectivity index (χ0v) is 7.46. The fraction of sp³-hybridized carbons (Fsp3) is 0.600. The summed E-state index contributed by atoms with van der Waals surface area (Å²) in [6, 6.07) is 0. The van der Waals surface area contributed by atoms with Gasteiger partial charge in [0.05, 0.1) is 6.61 Å². The van der Waals surface area contributed by atoms with Gasteiger partial charge in [0.25, 0.3) is 0 Å². The Morgan fingerprint density at radius 2 is 1.73 bits per heavy atom. The molecule has 0 heterocycles. The lowest BCUT2D eigenvalue weighted by Gasteiger charge is -1.91. The second-order valence-corrected chi connectivity index (χ2v) is 2.90. The topological polar surface area (TPSA) is 20.2 Å². The second kappa shape index (κ2) is 7.55. The van der Waals surface area contributed by atoms with Crippen LogP contribution in [0.25, 0.3) is 0 Å². The van der Waals surface area contributed by atoms with E-state index in [1.54, 1.807) is 6.08 Å². The Bertz CT molecular complexity index is 123. The molecule has 0 fully saturated rings. The van der Waals surface area contributed by atoms with Crippen molar-refractivity contribution in [1.82, 2.24) is 0 Å². The van der Waals surface area contributed by atoms with Crippen LogP contribution in [0.2, 0.25) is 0 Å². The molecule has 0 aliphatic rings. The van der Waals surface area contributed by atoms with Gasteiger partial charge in [-0.05, 0) is 18.8 Å². The Hall–Kier alpha value is -0.560. The molecule has 0 aliphatic heterocycles. The lowest BCUT2D eigenvalue weighted by molar-refractivity contribution is 0.342. The van der Waals surface area contributed by atoms with Crippen molar-refractivity contribution in [3.8, 4) is 0 Å². The van der Waals surface area contributed by atoms with Crippen LogP contribution in [-0.2, 0) is 0 Å². The summed E-state index contributed by atoms with van der Waals surface area (Å²) in [6.07, 6.45) is 10.3. The second-order valence-electron chi connectivity index (χ2n) is 2.90. The molecule has 64 valence electrons. The van der Waals surface area contributed by atoms with Gasteiger partial charge in [-0.2, -0.15) is 0 Å². The normalized spacial score (nSPS) is 12.4. The summed E-state index contributed by atoms with van der Waals surface area (Å²) >= 11 is 0. The van der Waals surface area contributed by atoms with Crippen LogP contribution in [0.15, 0.2) is 24.3 Å². The molecule has 11 heavy (non-hydrogen) atoms. The van der Waals surface area contributed by atoms with Crippen molar-refractivity contribution in [3.05, 3.63) is 24.3 Å². The van der Waals surface area contributed by atoms with Crippen LogP contribution in [0, 0.1) is 5.92 Å². The Balaban J connectivity index is 3.20. The Morgan fingerprint density at radius 1 is 1.09 bits per heavy atom.